The zero-order valence-electron chi connectivity index (χ0n) is 7.78. The molecule has 68 valence electrons. The number of hydrogen-bond acceptors (Lipinski definition) is 2. The Morgan fingerprint density at radius 1 is 1.25 bits per heavy atom. The van der Waals surface area contributed by atoms with E-state index in [4.69, 9.17) is 0 Å². The van der Waals surface area contributed by atoms with Crippen molar-refractivity contribution in [3.8, 4) is 0 Å². The Balaban J connectivity index is 2.36. The summed E-state index contributed by atoms with van der Waals surface area (Å²) in [6.45, 7) is 5.94. The predicted octanol–water partition coefficient (Wildman–Crippen LogP) is 0.940. The first-order valence-electron chi connectivity index (χ1n) is 4.51. The number of hydrogen-bond donors (Lipinski definition) is 2. The van der Waals surface area contributed by atoms with Crippen LogP contribution in [0.15, 0.2) is 12.2 Å². The van der Waals surface area contributed by atoms with Gasteiger partial charge < -0.3 is 10.2 Å². The molecular formula is C10H16O2. The lowest BCUT2D eigenvalue weighted by Crippen LogP contribution is -2.39. The Labute approximate surface area is 72.9 Å². The third kappa shape index (κ3) is 0.639. The van der Waals surface area contributed by atoms with E-state index in [1.165, 1.54) is 0 Å². The van der Waals surface area contributed by atoms with Crippen LogP contribution in [0.3, 0.4) is 0 Å². The first-order valence-corrected chi connectivity index (χ1v) is 4.51. The lowest BCUT2D eigenvalue weighted by Gasteiger charge is -2.26. The molecule has 0 amide bonds. The van der Waals surface area contributed by atoms with Crippen LogP contribution in [0, 0.1) is 17.3 Å². The van der Waals surface area contributed by atoms with Gasteiger partial charge in [-0.3, -0.25) is 0 Å². The van der Waals surface area contributed by atoms with Crippen LogP contribution in [-0.4, -0.2) is 21.9 Å². The van der Waals surface area contributed by atoms with E-state index in [1.54, 1.807) is 0 Å². The Morgan fingerprint density at radius 2 is 1.83 bits per heavy atom. The third-order valence-electron chi connectivity index (χ3n) is 3.76. The number of aliphatic hydroxyl groups excluding tert-OH is 1. The lowest BCUT2D eigenvalue weighted by atomic mass is 9.90. The number of aliphatic hydroxyl groups is 2. The molecule has 0 aliphatic heterocycles. The maximum absolute atomic E-state index is 10.1. The van der Waals surface area contributed by atoms with E-state index >= 15 is 0 Å². The number of rotatable bonds is 0. The molecule has 2 rings (SSSR count). The predicted molar refractivity (Wildman–Crippen MR) is 46.5 cm³/mol. The van der Waals surface area contributed by atoms with Crippen molar-refractivity contribution in [2.75, 3.05) is 0 Å². The molecule has 2 aliphatic carbocycles. The summed E-state index contributed by atoms with van der Waals surface area (Å²) in [7, 11) is 0. The molecule has 0 saturated heterocycles. The van der Waals surface area contributed by atoms with Crippen molar-refractivity contribution in [1.82, 2.24) is 0 Å². The smallest absolute Gasteiger partial charge is 0.104 e. The molecule has 0 spiro atoms. The fraction of sp³-hybridized carbons (Fsp3) is 0.800. The lowest BCUT2D eigenvalue weighted by molar-refractivity contribution is -0.0490. The summed E-state index contributed by atoms with van der Waals surface area (Å²) < 4.78 is 0. The topological polar surface area (TPSA) is 40.5 Å². The van der Waals surface area contributed by atoms with Crippen LogP contribution in [0.25, 0.3) is 0 Å². The molecule has 4 unspecified atom stereocenters. The SMILES string of the molecule is CC1C=CC2C(C)(C)C2(O)C1O. The maximum atomic E-state index is 10.1. The molecule has 2 heteroatoms. The summed E-state index contributed by atoms with van der Waals surface area (Å²) in [5, 5.41) is 19.9. The molecule has 0 radical (unpaired) electrons. The minimum absolute atomic E-state index is 0.0769. The molecule has 2 nitrogen and oxygen atoms in total. The van der Waals surface area contributed by atoms with Gasteiger partial charge in [0.05, 0.1) is 6.10 Å². The van der Waals surface area contributed by atoms with E-state index < -0.39 is 11.7 Å². The second-order valence-electron chi connectivity index (χ2n) is 4.71. The average molecular weight is 168 g/mol. The highest BCUT2D eigenvalue weighted by Gasteiger charge is 2.74. The molecule has 2 aliphatic rings. The molecule has 0 bridgehead atoms. The van der Waals surface area contributed by atoms with Gasteiger partial charge in [0.15, 0.2) is 0 Å². The van der Waals surface area contributed by atoms with Crippen molar-refractivity contribution in [3.05, 3.63) is 12.2 Å². The zero-order chi connectivity index (χ0) is 9.15. The summed E-state index contributed by atoms with van der Waals surface area (Å²) in [6.07, 6.45) is 3.44. The fourth-order valence-corrected chi connectivity index (χ4v) is 2.56. The van der Waals surface area contributed by atoms with Gasteiger partial charge in [-0.25, -0.2) is 0 Å². The minimum Gasteiger partial charge on any atom is -0.389 e. The second-order valence-corrected chi connectivity index (χ2v) is 4.71. The molecule has 0 heterocycles. The van der Waals surface area contributed by atoms with E-state index in [2.05, 4.69) is 0 Å². The minimum atomic E-state index is -0.860. The van der Waals surface area contributed by atoms with Crippen molar-refractivity contribution in [1.29, 1.82) is 0 Å². The van der Waals surface area contributed by atoms with Crippen molar-refractivity contribution in [3.63, 3.8) is 0 Å². The van der Waals surface area contributed by atoms with Crippen LogP contribution in [0.4, 0.5) is 0 Å². The van der Waals surface area contributed by atoms with Gasteiger partial charge in [-0.2, -0.15) is 0 Å². The van der Waals surface area contributed by atoms with Crippen molar-refractivity contribution < 1.29 is 10.2 Å². The molecule has 0 aromatic heterocycles. The Morgan fingerprint density at radius 3 is 2.33 bits per heavy atom. The molecule has 0 aromatic carbocycles. The quantitative estimate of drug-likeness (QED) is 0.528. The van der Waals surface area contributed by atoms with Gasteiger partial charge in [-0.15, -0.1) is 0 Å². The summed E-state index contributed by atoms with van der Waals surface area (Å²) in [5.41, 5.74) is -1.01. The van der Waals surface area contributed by atoms with Gasteiger partial charge in [-0.1, -0.05) is 32.9 Å². The van der Waals surface area contributed by atoms with Gasteiger partial charge >= 0.3 is 0 Å². The van der Waals surface area contributed by atoms with E-state index in [0.29, 0.717) is 0 Å². The average Bonchev–Trinajstić information content (AvgIpc) is 2.42. The standard InChI is InChI=1S/C10H16O2/c1-6-4-5-7-9(2,3)10(7,12)8(6)11/h4-8,11-12H,1-3H3. The van der Waals surface area contributed by atoms with E-state index in [9.17, 15) is 10.2 Å². The first-order chi connectivity index (χ1) is 5.42. The number of fused-ring (bicyclic) bond motifs is 1. The highest BCUT2D eigenvalue weighted by molar-refractivity contribution is 5.32. The molecule has 12 heavy (non-hydrogen) atoms. The highest BCUT2D eigenvalue weighted by Crippen LogP contribution is 2.66. The molecule has 1 saturated carbocycles. The van der Waals surface area contributed by atoms with Gasteiger partial charge in [0.1, 0.15) is 5.60 Å². The largest absolute Gasteiger partial charge is 0.389 e. The van der Waals surface area contributed by atoms with Crippen LogP contribution >= 0.6 is 0 Å². The van der Waals surface area contributed by atoms with Crippen molar-refractivity contribution in [2.45, 2.75) is 32.5 Å². The summed E-state index contributed by atoms with van der Waals surface area (Å²) in [4.78, 5) is 0. The van der Waals surface area contributed by atoms with Crippen molar-refractivity contribution >= 4 is 0 Å². The molecular weight excluding hydrogens is 152 g/mol. The molecule has 1 fully saturated rings. The van der Waals surface area contributed by atoms with Crippen LogP contribution in [0.2, 0.25) is 0 Å². The van der Waals surface area contributed by atoms with Gasteiger partial charge in [0, 0.05) is 17.3 Å². The maximum Gasteiger partial charge on any atom is 0.104 e. The molecule has 4 atom stereocenters. The Kier molecular flexibility index (Phi) is 1.33. The monoisotopic (exact) mass is 168 g/mol. The summed E-state index contributed by atoms with van der Waals surface area (Å²) in [5.74, 6) is 0.226. The van der Waals surface area contributed by atoms with Crippen LogP contribution < -0.4 is 0 Å². The van der Waals surface area contributed by atoms with E-state index in [1.807, 2.05) is 32.9 Å². The normalized spacial score (nSPS) is 54.9. The zero-order valence-corrected chi connectivity index (χ0v) is 7.78. The van der Waals surface area contributed by atoms with Crippen LogP contribution in [0.1, 0.15) is 20.8 Å². The van der Waals surface area contributed by atoms with Gasteiger partial charge in [-0.05, 0) is 0 Å². The van der Waals surface area contributed by atoms with Gasteiger partial charge in [0.2, 0.25) is 0 Å². The second kappa shape index (κ2) is 1.94. The van der Waals surface area contributed by atoms with Crippen LogP contribution in [0.5, 0.6) is 0 Å². The third-order valence-corrected chi connectivity index (χ3v) is 3.76. The summed E-state index contributed by atoms with van der Waals surface area (Å²) in [6, 6.07) is 0. The van der Waals surface area contributed by atoms with E-state index in [-0.39, 0.29) is 17.3 Å². The van der Waals surface area contributed by atoms with Crippen molar-refractivity contribution in [2.24, 2.45) is 17.3 Å². The molecule has 2 N–H and O–H groups in total. The van der Waals surface area contributed by atoms with E-state index in [0.717, 1.165) is 0 Å². The molecule has 0 aromatic rings. The van der Waals surface area contributed by atoms with Gasteiger partial charge in [0.25, 0.3) is 0 Å². The highest BCUT2D eigenvalue weighted by atomic mass is 16.4. The fourth-order valence-electron chi connectivity index (χ4n) is 2.56. The first kappa shape index (κ1) is 8.27. The summed E-state index contributed by atoms with van der Waals surface area (Å²) >= 11 is 0. The van der Waals surface area contributed by atoms with Crippen LogP contribution in [-0.2, 0) is 0 Å². The Hall–Kier alpha value is -0.340. The Bertz CT molecular complexity index is 244.